The van der Waals surface area contributed by atoms with Crippen LogP contribution in [0.3, 0.4) is 0 Å². The average molecular weight is 472 g/mol. The van der Waals surface area contributed by atoms with Crippen molar-refractivity contribution in [3.05, 3.63) is 105 Å². The van der Waals surface area contributed by atoms with E-state index < -0.39 is 11.9 Å². The smallest absolute Gasteiger partial charge is 0.338 e. The molecular weight excluding hydrogens is 446 g/mol. The van der Waals surface area contributed by atoms with Crippen LogP contribution in [0.15, 0.2) is 72.4 Å². The Morgan fingerprint density at radius 2 is 1.82 bits per heavy atom. The van der Waals surface area contributed by atoms with Crippen LogP contribution < -0.4 is 5.32 Å². The highest BCUT2D eigenvalue weighted by Crippen LogP contribution is 2.21. The standard InChI is InChI=1S/C27H25N3O3S/c1-18(2)24-17-34-25(29-24)12-11-19-9-6-10-21(13-19)28-26(31)22-15-30(16-23(22)27(32)33)14-20-7-4-3-5-8-20/h3-13,15-18H,14H2,1-2H3,(H,28,31)(H,32,33)/b12-11+. The molecule has 34 heavy (non-hydrogen) atoms. The number of nitrogens with zero attached hydrogens (tertiary/aromatic N) is 2. The third kappa shape index (κ3) is 5.68. The van der Waals surface area contributed by atoms with Gasteiger partial charge in [0.2, 0.25) is 0 Å². The molecule has 2 aromatic carbocycles. The molecule has 2 aromatic heterocycles. The fraction of sp³-hybridized carbons (Fsp3) is 0.148. The first-order chi connectivity index (χ1) is 16.4. The first kappa shape index (κ1) is 23.2. The number of rotatable bonds is 8. The summed E-state index contributed by atoms with van der Waals surface area (Å²) in [4.78, 5) is 29.3. The van der Waals surface area contributed by atoms with Crippen molar-refractivity contribution >= 4 is 41.1 Å². The van der Waals surface area contributed by atoms with Gasteiger partial charge in [0.05, 0.1) is 16.8 Å². The summed E-state index contributed by atoms with van der Waals surface area (Å²) in [5, 5.41) is 15.4. The Morgan fingerprint density at radius 1 is 1.06 bits per heavy atom. The van der Waals surface area contributed by atoms with E-state index in [0.29, 0.717) is 18.2 Å². The maximum Gasteiger partial charge on any atom is 0.338 e. The van der Waals surface area contributed by atoms with Crippen molar-refractivity contribution in [1.29, 1.82) is 0 Å². The molecule has 0 unspecified atom stereocenters. The van der Waals surface area contributed by atoms with Gasteiger partial charge in [0.25, 0.3) is 5.91 Å². The Labute approximate surface area is 202 Å². The second kappa shape index (κ2) is 10.3. The second-order valence-electron chi connectivity index (χ2n) is 8.23. The summed E-state index contributed by atoms with van der Waals surface area (Å²) >= 11 is 1.59. The van der Waals surface area contributed by atoms with Crippen LogP contribution >= 0.6 is 11.3 Å². The quantitative estimate of drug-likeness (QED) is 0.319. The Hall–Kier alpha value is -3.97. The number of carbonyl (C=O) groups excluding carboxylic acids is 1. The summed E-state index contributed by atoms with van der Waals surface area (Å²) in [6, 6.07) is 17.1. The van der Waals surface area contributed by atoms with Crippen molar-refractivity contribution in [2.24, 2.45) is 0 Å². The topological polar surface area (TPSA) is 84.2 Å². The van der Waals surface area contributed by atoms with Crippen molar-refractivity contribution in [3.63, 3.8) is 0 Å². The number of aromatic nitrogens is 2. The number of carbonyl (C=O) groups is 2. The number of aromatic carboxylic acids is 1. The summed E-state index contributed by atoms with van der Waals surface area (Å²) in [5.74, 6) is -1.22. The molecule has 7 heteroatoms. The predicted octanol–water partition coefficient (Wildman–Crippen LogP) is 6.24. The van der Waals surface area contributed by atoms with Crippen molar-refractivity contribution in [3.8, 4) is 0 Å². The fourth-order valence-electron chi connectivity index (χ4n) is 3.47. The highest BCUT2D eigenvalue weighted by atomic mass is 32.1. The number of thiazole rings is 1. The Bertz CT molecular complexity index is 1340. The van der Waals surface area contributed by atoms with Crippen LogP contribution in [0.2, 0.25) is 0 Å². The Morgan fingerprint density at radius 3 is 2.53 bits per heavy atom. The van der Waals surface area contributed by atoms with Gasteiger partial charge in [0, 0.05) is 30.0 Å². The monoisotopic (exact) mass is 471 g/mol. The van der Waals surface area contributed by atoms with E-state index in [4.69, 9.17) is 0 Å². The number of carboxylic acid groups (broad SMARTS) is 1. The number of amides is 1. The number of nitrogens with one attached hydrogen (secondary N) is 1. The maximum absolute atomic E-state index is 12.9. The van der Waals surface area contributed by atoms with Gasteiger partial charge >= 0.3 is 5.97 Å². The molecule has 0 aliphatic carbocycles. The first-order valence-corrected chi connectivity index (χ1v) is 11.8. The number of anilines is 1. The van der Waals surface area contributed by atoms with E-state index >= 15 is 0 Å². The van der Waals surface area contributed by atoms with E-state index in [0.717, 1.165) is 21.8 Å². The summed E-state index contributed by atoms with van der Waals surface area (Å²) in [7, 11) is 0. The average Bonchev–Trinajstić information content (AvgIpc) is 3.46. The van der Waals surface area contributed by atoms with Gasteiger partial charge in [0.1, 0.15) is 5.01 Å². The molecule has 2 heterocycles. The zero-order chi connectivity index (χ0) is 24.1. The van der Waals surface area contributed by atoms with Crippen molar-refractivity contribution in [2.45, 2.75) is 26.3 Å². The van der Waals surface area contributed by atoms with E-state index in [1.54, 1.807) is 28.2 Å². The van der Waals surface area contributed by atoms with Gasteiger partial charge in [-0.3, -0.25) is 4.79 Å². The lowest BCUT2D eigenvalue weighted by atomic mass is 10.1. The lowest BCUT2D eigenvalue weighted by molar-refractivity contribution is 0.0692. The minimum Gasteiger partial charge on any atom is -0.478 e. The number of benzene rings is 2. The zero-order valence-electron chi connectivity index (χ0n) is 18.9. The summed E-state index contributed by atoms with van der Waals surface area (Å²) in [6.45, 7) is 4.70. The molecule has 4 aromatic rings. The summed E-state index contributed by atoms with van der Waals surface area (Å²) < 4.78 is 1.71. The third-order valence-electron chi connectivity index (χ3n) is 5.26. The molecular formula is C27H25N3O3S. The first-order valence-electron chi connectivity index (χ1n) is 10.9. The van der Waals surface area contributed by atoms with Crippen molar-refractivity contribution in [2.75, 3.05) is 5.32 Å². The normalized spacial score (nSPS) is 11.3. The largest absolute Gasteiger partial charge is 0.478 e. The van der Waals surface area contributed by atoms with Crippen LogP contribution in [0.4, 0.5) is 5.69 Å². The van der Waals surface area contributed by atoms with Gasteiger partial charge in [-0.1, -0.05) is 62.4 Å². The minimum absolute atomic E-state index is 0.0331. The molecule has 0 atom stereocenters. The van der Waals surface area contributed by atoms with Crippen LogP contribution in [0.5, 0.6) is 0 Å². The van der Waals surface area contributed by atoms with Gasteiger partial charge in [-0.15, -0.1) is 11.3 Å². The van der Waals surface area contributed by atoms with Gasteiger partial charge in [-0.05, 0) is 35.3 Å². The maximum atomic E-state index is 12.9. The second-order valence-corrected chi connectivity index (χ2v) is 9.12. The molecule has 2 N–H and O–H groups in total. The predicted molar refractivity (Wildman–Crippen MR) is 136 cm³/mol. The fourth-order valence-corrected chi connectivity index (χ4v) is 4.34. The summed E-state index contributed by atoms with van der Waals surface area (Å²) in [6.07, 6.45) is 6.95. The minimum atomic E-state index is -1.14. The molecule has 0 radical (unpaired) electrons. The van der Waals surface area contributed by atoms with Gasteiger partial charge in [-0.25, -0.2) is 9.78 Å². The molecule has 0 saturated carbocycles. The van der Waals surface area contributed by atoms with Gasteiger partial charge < -0.3 is 15.0 Å². The lowest BCUT2D eigenvalue weighted by Crippen LogP contribution is -2.14. The molecule has 0 aliphatic rings. The molecule has 0 aliphatic heterocycles. The van der Waals surface area contributed by atoms with Crippen LogP contribution in [0.1, 0.15) is 62.3 Å². The highest BCUT2D eigenvalue weighted by Gasteiger charge is 2.20. The molecule has 172 valence electrons. The van der Waals surface area contributed by atoms with Crippen LogP contribution in [0.25, 0.3) is 12.2 Å². The van der Waals surface area contributed by atoms with Gasteiger partial charge in [-0.2, -0.15) is 0 Å². The Balaban J connectivity index is 1.50. The molecule has 0 saturated heterocycles. The third-order valence-corrected chi connectivity index (χ3v) is 6.09. The zero-order valence-corrected chi connectivity index (χ0v) is 19.8. The molecule has 0 fully saturated rings. The van der Waals surface area contributed by atoms with E-state index in [1.807, 2.05) is 60.7 Å². The number of hydrogen-bond donors (Lipinski definition) is 2. The van der Waals surface area contributed by atoms with Crippen molar-refractivity contribution < 1.29 is 14.7 Å². The molecule has 1 amide bonds. The molecule has 6 nitrogen and oxygen atoms in total. The Kier molecular flexibility index (Phi) is 7.04. The van der Waals surface area contributed by atoms with Crippen molar-refractivity contribution in [1.82, 2.24) is 9.55 Å². The van der Waals surface area contributed by atoms with Crippen LogP contribution in [0, 0.1) is 0 Å². The van der Waals surface area contributed by atoms with Crippen LogP contribution in [-0.4, -0.2) is 26.5 Å². The molecule has 0 bridgehead atoms. The molecule has 0 spiro atoms. The molecule has 4 rings (SSSR count). The highest BCUT2D eigenvalue weighted by molar-refractivity contribution is 7.10. The van der Waals surface area contributed by atoms with E-state index in [1.165, 1.54) is 6.20 Å². The number of carboxylic acids is 1. The number of hydrogen-bond acceptors (Lipinski definition) is 4. The SMILES string of the molecule is CC(C)c1csc(/C=C/c2cccc(NC(=O)c3cn(Cc4ccccc4)cc3C(=O)O)c2)n1. The summed E-state index contributed by atoms with van der Waals surface area (Å²) in [5.41, 5.74) is 3.66. The van der Waals surface area contributed by atoms with E-state index in [9.17, 15) is 14.7 Å². The van der Waals surface area contributed by atoms with E-state index in [-0.39, 0.29) is 11.1 Å². The van der Waals surface area contributed by atoms with Gasteiger partial charge in [0.15, 0.2) is 0 Å². The van der Waals surface area contributed by atoms with E-state index in [2.05, 4.69) is 29.5 Å². The lowest BCUT2D eigenvalue weighted by Gasteiger charge is -2.06. The van der Waals surface area contributed by atoms with Crippen LogP contribution in [-0.2, 0) is 6.54 Å².